The largest absolute Gasteiger partial charge is 0.478 e. The third-order valence-corrected chi connectivity index (χ3v) is 5.29. The van der Waals surface area contributed by atoms with Crippen LogP contribution in [0.4, 0.5) is 0 Å². The van der Waals surface area contributed by atoms with E-state index in [4.69, 9.17) is 9.52 Å². The molecule has 112 valence electrons. The van der Waals surface area contributed by atoms with Crippen molar-refractivity contribution in [3.05, 3.63) is 52.4 Å². The summed E-state index contributed by atoms with van der Waals surface area (Å²) in [6, 6.07) is 6.50. The van der Waals surface area contributed by atoms with E-state index in [1.54, 1.807) is 19.1 Å². The van der Waals surface area contributed by atoms with E-state index in [1.165, 1.54) is 24.5 Å². The number of hydrogen-bond donors (Lipinski definition) is 2. The van der Waals surface area contributed by atoms with Crippen molar-refractivity contribution in [3.63, 3.8) is 0 Å². The average Bonchev–Trinajstić information content (AvgIpc) is 2.91. The van der Waals surface area contributed by atoms with Gasteiger partial charge in [0.15, 0.2) is 0 Å². The van der Waals surface area contributed by atoms with Crippen molar-refractivity contribution in [2.45, 2.75) is 17.9 Å². The Kier molecular flexibility index (Phi) is 4.50. The van der Waals surface area contributed by atoms with Gasteiger partial charge < -0.3 is 9.52 Å². The third-order valence-electron chi connectivity index (χ3n) is 2.77. The fourth-order valence-electron chi connectivity index (χ4n) is 1.74. The molecule has 0 unspecified atom stereocenters. The molecule has 2 N–H and O–H groups in total. The van der Waals surface area contributed by atoms with Crippen LogP contribution in [0.25, 0.3) is 0 Å². The Hall–Kier alpha value is -1.64. The number of aromatic carboxylic acids is 1. The molecule has 1 aromatic carbocycles. The Morgan fingerprint density at radius 1 is 1.38 bits per heavy atom. The van der Waals surface area contributed by atoms with Crippen LogP contribution in [0.15, 0.2) is 50.4 Å². The first kappa shape index (κ1) is 15.7. The Morgan fingerprint density at radius 3 is 2.62 bits per heavy atom. The van der Waals surface area contributed by atoms with Gasteiger partial charge in [-0.2, -0.15) is 0 Å². The molecule has 0 amide bonds. The van der Waals surface area contributed by atoms with Gasteiger partial charge in [0.1, 0.15) is 5.76 Å². The summed E-state index contributed by atoms with van der Waals surface area (Å²) in [6.45, 7) is 1.65. The molecule has 1 heterocycles. The number of sulfonamides is 1. The van der Waals surface area contributed by atoms with Crippen molar-refractivity contribution >= 4 is 31.9 Å². The third kappa shape index (κ3) is 3.52. The second-order valence-corrected chi connectivity index (χ2v) is 6.85. The molecule has 1 aromatic heterocycles. The van der Waals surface area contributed by atoms with Crippen LogP contribution < -0.4 is 4.72 Å². The summed E-state index contributed by atoms with van der Waals surface area (Å²) < 4.78 is 32.4. The smallest absolute Gasteiger partial charge is 0.335 e. The van der Waals surface area contributed by atoms with Crippen LogP contribution in [0, 0.1) is 0 Å². The van der Waals surface area contributed by atoms with Crippen molar-refractivity contribution < 1.29 is 22.7 Å². The molecule has 0 saturated carbocycles. The van der Waals surface area contributed by atoms with E-state index in [0.29, 0.717) is 5.76 Å². The van der Waals surface area contributed by atoms with E-state index >= 15 is 0 Å². The van der Waals surface area contributed by atoms with Gasteiger partial charge in [-0.3, -0.25) is 0 Å². The average molecular weight is 374 g/mol. The van der Waals surface area contributed by atoms with E-state index < -0.39 is 22.0 Å². The maximum absolute atomic E-state index is 12.3. The Balaban J connectivity index is 2.29. The van der Waals surface area contributed by atoms with Crippen LogP contribution in [0.2, 0.25) is 0 Å². The molecule has 2 rings (SSSR count). The molecule has 0 fully saturated rings. The van der Waals surface area contributed by atoms with E-state index in [9.17, 15) is 13.2 Å². The molecule has 1 atom stereocenters. The normalized spacial score (nSPS) is 13.0. The summed E-state index contributed by atoms with van der Waals surface area (Å²) in [6.07, 6.45) is 1.46. The fourth-order valence-corrected chi connectivity index (χ4v) is 4.03. The van der Waals surface area contributed by atoms with Gasteiger partial charge in [0.05, 0.1) is 22.8 Å². The molecule has 0 saturated heterocycles. The maximum atomic E-state index is 12.3. The molecule has 0 aliphatic heterocycles. The minimum Gasteiger partial charge on any atom is -0.478 e. The Morgan fingerprint density at radius 2 is 2.10 bits per heavy atom. The molecule has 6 nitrogen and oxygen atoms in total. The zero-order valence-corrected chi connectivity index (χ0v) is 13.3. The Labute approximate surface area is 130 Å². The summed E-state index contributed by atoms with van der Waals surface area (Å²) in [7, 11) is -3.81. The van der Waals surface area contributed by atoms with Crippen LogP contribution in [-0.2, 0) is 10.0 Å². The molecular formula is C13H12BrNO5S. The predicted octanol–water partition coefficient (Wildman–Crippen LogP) is 2.78. The van der Waals surface area contributed by atoms with Crippen molar-refractivity contribution in [2.24, 2.45) is 0 Å². The van der Waals surface area contributed by atoms with Gasteiger partial charge in [0, 0.05) is 4.47 Å². The van der Waals surface area contributed by atoms with Crippen LogP contribution in [-0.4, -0.2) is 19.5 Å². The minimum atomic E-state index is -3.81. The van der Waals surface area contributed by atoms with Crippen LogP contribution in [0.1, 0.15) is 29.1 Å². The molecular weight excluding hydrogens is 362 g/mol. The topological polar surface area (TPSA) is 96.6 Å². The summed E-state index contributed by atoms with van der Waals surface area (Å²) in [5.41, 5.74) is -0.0000851. The molecule has 21 heavy (non-hydrogen) atoms. The number of carboxylic acids is 1. The first-order chi connectivity index (χ1) is 9.81. The number of carboxylic acid groups (broad SMARTS) is 1. The van der Waals surface area contributed by atoms with Crippen LogP contribution in [0.5, 0.6) is 0 Å². The number of benzene rings is 1. The number of rotatable bonds is 5. The highest BCUT2D eigenvalue weighted by molar-refractivity contribution is 9.10. The summed E-state index contributed by atoms with van der Waals surface area (Å²) in [4.78, 5) is 10.8. The van der Waals surface area contributed by atoms with E-state index in [2.05, 4.69) is 20.7 Å². The number of carbonyl (C=O) groups is 1. The fraction of sp³-hybridized carbons (Fsp3) is 0.154. The highest BCUT2D eigenvalue weighted by Gasteiger charge is 2.22. The molecule has 0 bridgehead atoms. The van der Waals surface area contributed by atoms with Gasteiger partial charge in [0.25, 0.3) is 0 Å². The molecule has 0 spiro atoms. The number of nitrogens with one attached hydrogen (secondary N) is 1. The van der Waals surface area contributed by atoms with E-state index in [0.717, 1.165) is 0 Å². The van der Waals surface area contributed by atoms with Gasteiger partial charge in [-0.25, -0.2) is 17.9 Å². The maximum Gasteiger partial charge on any atom is 0.335 e. The lowest BCUT2D eigenvalue weighted by molar-refractivity contribution is 0.0696. The van der Waals surface area contributed by atoms with Gasteiger partial charge in [-0.05, 0) is 53.2 Å². The van der Waals surface area contributed by atoms with Gasteiger partial charge in [0.2, 0.25) is 10.0 Å². The molecule has 0 radical (unpaired) electrons. The lowest BCUT2D eigenvalue weighted by Gasteiger charge is -2.13. The predicted molar refractivity (Wildman–Crippen MR) is 78.5 cm³/mol. The number of furan rings is 1. The molecule has 8 heteroatoms. The van der Waals surface area contributed by atoms with Crippen molar-refractivity contribution in [2.75, 3.05) is 0 Å². The van der Waals surface area contributed by atoms with Gasteiger partial charge in [-0.15, -0.1) is 0 Å². The lowest BCUT2D eigenvalue weighted by atomic mass is 10.2. The van der Waals surface area contributed by atoms with Crippen molar-refractivity contribution in [1.82, 2.24) is 4.72 Å². The van der Waals surface area contributed by atoms with Crippen molar-refractivity contribution in [1.29, 1.82) is 0 Å². The highest BCUT2D eigenvalue weighted by Crippen LogP contribution is 2.25. The zero-order valence-electron chi connectivity index (χ0n) is 10.9. The Bertz CT molecular complexity index is 755. The SMILES string of the molecule is C[C@@H](NS(=O)(=O)c1ccc(C(=O)O)cc1Br)c1ccco1. The first-order valence-corrected chi connectivity index (χ1v) is 8.17. The van der Waals surface area contributed by atoms with Crippen molar-refractivity contribution in [3.8, 4) is 0 Å². The van der Waals surface area contributed by atoms with Crippen LogP contribution >= 0.6 is 15.9 Å². The van der Waals surface area contributed by atoms with Gasteiger partial charge in [-0.1, -0.05) is 0 Å². The monoisotopic (exact) mass is 373 g/mol. The van der Waals surface area contributed by atoms with E-state index in [1.807, 2.05) is 0 Å². The van der Waals surface area contributed by atoms with E-state index in [-0.39, 0.29) is 14.9 Å². The second kappa shape index (κ2) is 6.00. The summed E-state index contributed by atoms with van der Waals surface area (Å²) >= 11 is 3.08. The summed E-state index contributed by atoms with van der Waals surface area (Å²) in [5, 5.41) is 8.88. The summed E-state index contributed by atoms with van der Waals surface area (Å²) in [5.74, 6) is -0.645. The first-order valence-electron chi connectivity index (χ1n) is 5.90. The van der Waals surface area contributed by atoms with Crippen LogP contribution in [0.3, 0.4) is 0 Å². The minimum absolute atomic E-state index is 0.0000851. The molecule has 2 aromatic rings. The zero-order chi connectivity index (χ0) is 15.6. The second-order valence-electron chi connectivity index (χ2n) is 4.31. The quantitative estimate of drug-likeness (QED) is 0.839. The number of hydrogen-bond acceptors (Lipinski definition) is 4. The number of halogens is 1. The highest BCUT2D eigenvalue weighted by atomic mass is 79.9. The molecule has 0 aliphatic rings. The van der Waals surface area contributed by atoms with Gasteiger partial charge >= 0.3 is 5.97 Å². The molecule has 0 aliphatic carbocycles. The lowest BCUT2D eigenvalue weighted by Crippen LogP contribution is -2.27. The standard InChI is InChI=1S/C13H12BrNO5S/c1-8(11-3-2-6-20-11)15-21(18,19)12-5-4-9(13(16)17)7-10(12)14/h2-8,15H,1H3,(H,16,17)/t8-/m1/s1.